The zero-order chi connectivity index (χ0) is 7.56. The lowest BCUT2D eigenvalue weighted by Crippen LogP contribution is -1.95. The molecule has 52 valence electrons. The molecule has 0 saturated carbocycles. The molecule has 2 N–H and O–H groups in total. The molecule has 0 spiro atoms. The standard InChI is InChI=1S/C7H8N2O/c1-5-6(4-10)2-9-3-7(5)8/h2-4H,8H2,1H3. The zero-order valence-corrected chi connectivity index (χ0v) is 5.66. The lowest BCUT2D eigenvalue weighted by Gasteiger charge is -1.98. The number of carbonyl (C=O) groups excluding carboxylic acids is 1. The van der Waals surface area contributed by atoms with Crippen molar-refractivity contribution in [2.75, 3.05) is 5.73 Å². The van der Waals surface area contributed by atoms with Crippen molar-refractivity contribution in [2.24, 2.45) is 0 Å². The smallest absolute Gasteiger partial charge is 0.151 e. The molecule has 0 aliphatic rings. The summed E-state index contributed by atoms with van der Waals surface area (Å²) in [5, 5.41) is 0. The Morgan fingerprint density at radius 1 is 1.60 bits per heavy atom. The number of aldehydes is 1. The van der Waals surface area contributed by atoms with Crippen LogP contribution in [0.3, 0.4) is 0 Å². The van der Waals surface area contributed by atoms with Gasteiger partial charge in [0, 0.05) is 11.8 Å². The summed E-state index contributed by atoms with van der Waals surface area (Å²) in [6.07, 6.45) is 3.78. The van der Waals surface area contributed by atoms with E-state index in [-0.39, 0.29) is 0 Å². The normalized spacial score (nSPS) is 9.30. The minimum absolute atomic E-state index is 0.556. The second kappa shape index (κ2) is 2.47. The van der Waals surface area contributed by atoms with E-state index in [1.54, 1.807) is 6.92 Å². The lowest BCUT2D eigenvalue weighted by molar-refractivity contribution is 0.112. The minimum Gasteiger partial charge on any atom is -0.397 e. The van der Waals surface area contributed by atoms with Crippen LogP contribution in [-0.2, 0) is 0 Å². The van der Waals surface area contributed by atoms with Gasteiger partial charge in [-0.3, -0.25) is 9.78 Å². The molecule has 0 atom stereocenters. The molecule has 0 aliphatic heterocycles. The summed E-state index contributed by atoms with van der Waals surface area (Å²) >= 11 is 0. The van der Waals surface area contributed by atoms with E-state index in [2.05, 4.69) is 4.98 Å². The van der Waals surface area contributed by atoms with Crippen molar-refractivity contribution < 1.29 is 4.79 Å². The van der Waals surface area contributed by atoms with Crippen molar-refractivity contribution in [3.05, 3.63) is 23.5 Å². The first kappa shape index (κ1) is 6.74. The number of hydrogen-bond donors (Lipinski definition) is 1. The lowest BCUT2D eigenvalue weighted by atomic mass is 10.1. The van der Waals surface area contributed by atoms with Gasteiger partial charge < -0.3 is 5.73 Å². The van der Waals surface area contributed by atoms with E-state index in [9.17, 15) is 4.79 Å². The Hall–Kier alpha value is -1.38. The van der Waals surface area contributed by atoms with Crippen LogP contribution in [0.5, 0.6) is 0 Å². The minimum atomic E-state index is 0.556. The zero-order valence-electron chi connectivity index (χ0n) is 5.66. The molecule has 3 heteroatoms. The Morgan fingerprint density at radius 2 is 2.30 bits per heavy atom. The third-order valence-electron chi connectivity index (χ3n) is 1.42. The Morgan fingerprint density at radius 3 is 2.80 bits per heavy atom. The van der Waals surface area contributed by atoms with E-state index >= 15 is 0 Å². The Balaban J connectivity index is 3.27. The number of rotatable bonds is 1. The number of nitrogen functional groups attached to an aromatic ring is 1. The number of carbonyl (C=O) groups is 1. The van der Waals surface area contributed by atoms with Gasteiger partial charge in [0.15, 0.2) is 6.29 Å². The first-order valence-electron chi connectivity index (χ1n) is 2.91. The van der Waals surface area contributed by atoms with Gasteiger partial charge >= 0.3 is 0 Å². The van der Waals surface area contributed by atoms with Crippen LogP contribution in [0, 0.1) is 6.92 Å². The molecule has 0 aliphatic carbocycles. The highest BCUT2D eigenvalue weighted by molar-refractivity contribution is 5.79. The van der Waals surface area contributed by atoms with Crippen molar-refractivity contribution in [1.82, 2.24) is 4.98 Å². The molecule has 0 saturated heterocycles. The maximum Gasteiger partial charge on any atom is 0.151 e. The van der Waals surface area contributed by atoms with Gasteiger partial charge in [0.2, 0.25) is 0 Å². The molecule has 0 bridgehead atoms. The number of nitrogens with zero attached hydrogens (tertiary/aromatic N) is 1. The fourth-order valence-corrected chi connectivity index (χ4v) is 0.677. The molecule has 10 heavy (non-hydrogen) atoms. The van der Waals surface area contributed by atoms with E-state index < -0.39 is 0 Å². The van der Waals surface area contributed by atoms with Crippen molar-refractivity contribution in [2.45, 2.75) is 6.92 Å². The molecule has 1 aromatic heterocycles. The number of aromatic nitrogens is 1. The molecule has 0 fully saturated rings. The summed E-state index contributed by atoms with van der Waals surface area (Å²) in [4.78, 5) is 14.0. The molecule has 3 nitrogen and oxygen atoms in total. The fourth-order valence-electron chi connectivity index (χ4n) is 0.677. The molecule has 0 radical (unpaired) electrons. The fraction of sp³-hybridized carbons (Fsp3) is 0.143. The van der Waals surface area contributed by atoms with Gasteiger partial charge in [0.05, 0.1) is 11.9 Å². The van der Waals surface area contributed by atoms with Crippen LogP contribution in [0.4, 0.5) is 5.69 Å². The summed E-state index contributed by atoms with van der Waals surface area (Å²) in [5.41, 5.74) is 7.39. The van der Waals surface area contributed by atoms with Crippen molar-refractivity contribution >= 4 is 12.0 Å². The molecule has 0 aromatic carbocycles. The predicted octanol–water partition coefficient (Wildman–Crippen LogP) is 0.785. The van der Waals surface area contributed by atoms with Crippen LogP contribution in [0.15, 0.2) is 12.4 Å². The number of nitrogens with two attached hydrogens (primary N) is 1. The molecule has 0 unspecified atom stereocenters. The molecular formula is C7H8N2O. The third-order valence-corrected chi connectivity index (χ3v) is 1.42. The molecule has 0 amide bonds. The van der Waals surface area contributed by atoms with Crippen molar-refractivity contribution in [3.8, 4) is 0 Å². The van der Waals surface area contributed by atoms with Crippen LogP contribution in [0.2, 0.25) is 0 Å². The molecular weight excluding hydrogens is 128 g/mol. The van der Waals surface area contributed by atoms with E-state index in [0.29, 0.717) is 11.3 Å². The van der Waals surface area contributed by atoms with Crippen LogP contribution in [0.25, 0.3) is 0 Å². The van der Waals surface area contributed by atoms with Crippen LogP contribution >= 0.6 is 0 Å². The number of anilines is 1. The topological polar surface area (TPSA) is 56.0 Å². The highest BCUT2D eigenvalue weighted by Crippen LogP contribution is 2.10. The largest absolute Gasteiger partial charge is 0.397 e. The van der Waals surface area contributed by atoms with Crippen molar-refractivity contribution in [3.63, 3.8) is 0 Å². The first-order valence-corrected chi connectivity index (χ1v) is 2.91. The summed E-state index contributed by atoms with van der Waals surface area (Å²) < 4.78 is 0. The summed E-state index contributed by atoms with van der Waals surface area (Å²) in [5.74, 6) is 0. The summed E-state index contributed by atoms with van der Waals surface area (Å²) in [7, 11) is 0. The quantitative estimate of drug-likeness (QED) is 0.580. The third kappa shape index (κ3) is 0.978. The monoisotopic (exact) mass is 136 g/mol. The maximum absolute atomic E-state index is 10.3. The molecule has 1 heterocycles. The average molecular weight is 136 g/mol. The Labute approximate surface area is 58.9 Å². The Kier molecular flexibility index (Phi) is 1.67. The van der Waals surface area contributed by atoms with Gasteiger partial charge in [-0.1, -0.05) is 0 Å². The Bertz CT molecular complexity index is 258. The van der Waals surface area contributed by atoms with Gasteiger partial charge in [-0.25, -0.2) is 0 Å². The predicted molar refractivity (Wildman–Crippen MR) is 38.8 cm³/mol. The van der Waals surface area contributed by atoms with Gasteiger partial charge in [-0.2, -0.15) is 0 Å². The maximum atomic E-state index is 10.3. The number of hydrogen-bond acceptors (Lipinski definition) is 3. The number of pyridine rings is 1. The van der Waals surface area contributed by atoms with Crippen LogP contribution < -0.4 is 5.73 Å². The van der Waals surface area contributed by atoms with E-state index in [4.69, 9.17) is 5.73 Å². The summed E-state index contributed by atoms with van der Waals surface area (Å²) in [6.45, 7) is 1.79. The summed E-state index contributed by atoms with van der Waals surface area (Å²) in [6, 6.07) is 0. The van der Waals surface area contributed by atoms with E-state index in [1.165, 1.54) is 12.4 Å². The van der Waals surface area contributed by atoms with Crippen molar-refractivity contribution in [1.29, 1.82) is 0 Å². The van der Waals surface area contributed by atoms with Crippen LogP contribution in [0.1, 0.15) is 15.9 Å². The van der Waals surface area contributed by atoms with E-state index in [1.807, 2.05) is 0 Å². The second-order valence-electron chi connectivity index (χ2n) is 2.06. The first-order chi connectivity index (χ1) is 4.75. The second-order valence-corrected chi connectivity index (χ2v) is 2.06. The van der Waals surface area contributed by atoms with Gasteiger partial charge in [0.25, 0.3) is 0 Å². The highest BCUT2D eigenvalue weighted by Gasteiger charge is 1.98. The van der Waals surface area contributed by atoms with Crippen LogP contribution in [-0.4, -0.2) is 11.3 Å². The molecule has 1 aromatic rings. The van der Waals surface area contributed by atoms with Gasteiger partial charge in [0.1, 0.15) is 0 Å². The van der Waals surface area contributed by atoms with Gasteiger partial charge in [-0.05, 0) is 12.5 Å². The highest BCUT2D eigenvalue weighted by atomic mass is 16.1. The van der Waals surface area contributed by atoms with E-state index in [0.717, 1.165) is 11.8 Å². The van der Waals surface area contributed by atoms with Gasteiger partial charge in [-0.15, -0.1) is 0 Å². The average Bonchev–Trinajstić information content (AvgIpc) is 1.95. The molecule has 1 rings (SSSR count). The SMILES string of the molecule is Cc1c(N)cncc1C=O.